The Morgan fingerprint density at radius 2 is 2.12 bits per heavy atom. The summed E-state index contributed by atoms with van der Waals surface area (Å²) in [4.78, 5) is 10.3. The van der Waals surface area contributed by atoms with Gasteiger partial charge in [0, 0.05) is 6.07 Å². The molecule has 84 valence electrons. The highest BCUT2D eigenvalue weighted by Gasteiger charge is 2.29. The van der Waals surface area contributed by atoms with E-state index in [2.05, 4.69) is 0 Å². The van der Waals surface area contributed by atoms with Crippen LogP contribution in [0.25, 0.3) is 0 Å². The third-order valence-electron chi connectivity index (χ3n) is 2.35. The first kappa shape index (κ1) is 12.0. The first-order valence-electron chi connectivity index (χ1n) is 4.66. The van der Waals surface area contributed by atoms with Crippen molar-refractivity contribution in [2.24, 2.45) is 0 Å². The van der Waals surface area contributed by atoms with Gasteiger partial charge in [0.1, 0.15) is 5.75 Å². The van der Waals surface area contributed by atoms with Crippen LogP contribution in [0.4, 0.5) is 5.69 Å². The average molecular weight is 220 g/mol. The lowest BCUT2D eigenvalue weighted by molar-refractivity contribution is -0.385. The molecule has 0 radical (unpaired) electrons. The summed E-state index contributed by atoms with van der Waals surface area (Å²) < 4.78 is 5.00. The van der Waals surface area contributed by atoms with E-state index in [4.69, 9.17) is 10.00 Å². The van der Waals surface area contributed by atoms with Gasteiger partial charge in [-0.1, -0.05) is 0 Å². The molecule has 16 heavy (non-hydrogen) atoms. The molecule has 0 aromatic heterocycles. The van der Waals surface area contributed by atoms with Crippen LogP contribution in [-0.4, -0.2) is 12.0 Å². The fourth-order valence-electron chi connectivity index (χ4n) is 1.36. The van der Waals surface area contributed by atoms with E-state index < -0.39 is 10.3 Å². The average Bonchev–Trinajstić information content (AvgIpc) is 2.28. The van der Waals surface area contributed by atoms with E-state index in [1.165, 1.54) is 25.3 Å². The molecule has 0 atom stereocenters. The van der Waals surface area contributed by atoms with Gasteiger partial charge in [0.2, 0.25) is 0 Å². The topological polar surface area (TPSA) is 76.2 Å². The number of benzene rings is 1. The number of hydrogen-bond acceptors (Lipinski definition) is 4. The molecule has 1 rings (SSSR count). The summed E-state index contributed by atoms with van der Waals surface area (Å²) in [5, 5.41) is 19.8. The smallest absolute Gasteiger partial charge is 0.274 e. The van der Waals surface area contributed by atoms with E-state index in [1.54, 1.807) is 13.8 Å². The number of nitro groups is 1. The highest BCUT2D eigenvalue weighted by atomic mass is 16.6. The zero-order valence-corrected chi connectivity index (χ0v) is 9.35. The largest absolute Gasteiger partial charge is 0.497 e. The van der Waals surface area contributed by atoms with Crippen LogP contribution in [0.15, 0.2) is 18.2 Å². The molecule has 5 nitrogen and oxygen atoms in total. The number of nitriles is 1. The molecule has 0 fully saturated rings. The first-order valence-corrected chi connectivity index (χ1v) is 4.66. The minimum Gasteiger partial charge on any atom is -0.497 e. The number of ether oxygens (including phenoxy) is 1. The number of nitrogens with zero attached hydrogens (tertiary/aromatic N) is 2. The van der Waals surface area contributed by atoms with Crippen LogP contribution < -0.4 is 4.74 Å². The second-order valence-corrected chi connectivity index (χ2v) is 3.88. The normalized spacial score (nSPS) is 10.6. The number of rotatable bonds is 3. The Morgan fingerprint density at radius 3 is 2.56 bits per heavy atom. The Balaban J connectivity index is 3.44. The van der Waals surface area contributed by atoms with Crippen LogP contribution in [0, 0.1) is 21.4 Å². The van der Waals surface area contributed by atoms with Crippen molar-refractivity contribution >= 4 is 5.69 Å². The predicted octanol–water partition coefficient (Wildman–Crippen LogP) is 2.40. The van der Waals surface area contributed by atoms with Crippen LogP contribution in [0.5, 0.6) is 5.75 Å². The van der Waals surface area contributed by atoms with Crippen molar-refractivity contribution in [2.45, 2.75) is 19.3 Å². The molecule has 0 heterocycles. The molecule has 1 aromatic carbocycles. The first-order chi connectivity index (χ1) is 7.42. The van der Waals surface area contributed by atoms with Crippen molar-refractivity contribution in [1.29, 1.82) is 5.26 Å². The van der Waals surface area contributed by atoms with Gasteiger partial charge in [0.25, 0.3) is 5.69 Å². The molecular weight excluding hydrogens is 208 g/mol. The maximum absolute atomic E-state index is 10.8. The van der Waals surface area contributed by atoms with Gasteiger partial charge in [-0.3, -0.25) is 10.1 Å². The van der Waals surface area contributed by atoms with Crippen molar-refractivity contribution in [3.63, 3.8) is 0 Å². The monoisotopic (exact) mass is 220 g/mol. The maximum Gasteiger partial charge on any atom is 0.274 e. The zero-order valence-electron chi connectivity index (χ0n) is 9.35. The van der Waals surface area contributed by atoms with Gasteiger partial charge in [-0.2, -0.15) is 5.26 Å². The SMILES string of the molecule is COc1ccc([N+](=O)[O-])c(C(C)(C)C#N)c1. The standard InChI is InChI=1S/C11H12N2O3/c1-11(2,7-12)9-6-8(16-3)4-5-10(9)13(14)15/h4-6H,1-3H3. The maximum atomic E-state index is 10.8. The van der Waals surface area contributed by atoms with Crippen LogP contribution in [-0.2, 0) is 5.41 Å². The molecule has 0 unspecified atom stereocenters. The molecule has 1 aromatic rings. The summed E-state index contributed by atoms with van der Waals surface area (Å²) in [6, 6.07) is 6.44. The van der Waals surface area contributed by atoms with Crippen molar-refractivity contribution < 1.29 is 9.66 Å². The second-order valence-electron chi connectivity index (χ2n) is 3.88. The van der Waals surface area contributed by atoms with E-state index in [9.17, 15) is 10.1 Å². The lowest BCUT2D eigenvalue weighted by Crippen LogP contribution is -2.16. The molecule has 0 aliphatic carbocycles. The fourth-order valence-corrected chi connectivity index (χ4v) is 1.36. The Kier molecular flexibility index (Phi) is 3.14. The lowest BCUT2D eigenvalue weighted by atomic mass is 9.85. The third kappa shape index (κ3) is 2.11. The van der Waals surface area contributed by atoms with Crippen molar-refractivity contribution in [1.82, 2.24) is 0 Å². The van der Waals surface area contributed by atoms with Crippen LogP contribution in [0.3, 0.4) is 0 Å². The molecule has 0 spiro atoms. The molecular formula is C11H12N2O3. The summed E-state index contributed by atoms with van der Waals surface area (Å²) in [5.74, 6) is 0.504. The quantitative estimate of drug-likeness (QED) is 0.579. The Hall–Kier alpha value is -2.09. The molecule has 0 saturated carbocycles. The van der Waals surface area contributed by atoms with Gasteiger partial charge in [0.15, 0.2) is 0 Å². The van der Waals surface area contributed by atoms with Gasteiger partial charge < -0.3 is 4.74 Å². The molecule has 0 bridgehead atoms. The fraction of sp³-hybridized carbons (Fsp3) is 0.364. The number of nitro benzene ring substituents is 1. The highest BCUT2D eigenvalue weighted by molar-refractivity contribution is 5.51. The Labute approximate surface area is 93.4 Å². The minimum absolute atomic E-state index is 0.0626. The molecule has 0 amide bonds. The van der Waals surface area contributed by atoms with Gasteiger partial charge in [0.05, 0.1) is 29.1 Å². The van der Waals surface area contributed by atoms with Crippen molar-refractivity contribution in [3.8, 4) is 11.8 Å². The third-order valence-corrected chi connectivity index (χ3v) is 2.35. The van der Waals surface area contributed by atoms with E-state index in [0.29, 0.717) is 11.3 Å². The summed E-state index contributed by atoms with van der Waals surface area (Å²) in [6.07, 6.45) is 0. The van der Waals surface area contributed by atoms with E-state index in [-0.39, 0.29) is 5.69 Å². The van der Waals surface area contributed by atoms with Crippen LogP contribution in [0.1, 0.15) is 19.4 Å². The molecule has 0 N–H and O–H groups in total. The van der Waals surface area contributed by atoms with E-state index in [1.807, 2.05) is 6.07 Å². The van der Waals surface area contributed by atoms with Gasteiger partial charge >= 0.3 is 0 Å². The van der Waals surface area contributed by atoms with E-state index >= 15 is 0 Å². The summed E-state index contributed by atoms with van der Waals surface area (Å²) in [7, 11) is 1.48. The summed E-state index contributed by atoms with van der Waals surface area (Å²) in [5.41, 5.74) is -0.622. The summed E-state index contributed by atoms with van der Waals surface area (Å²) in [6.45, 7) is 3.27. The lowest BCUT2D eigenvalue weighted by Gasteiger charge is -2.16. The van der Waals surface area contributed by atoms with Crippen molar-refractivity contribution in [3.05, 3.63) is 33.9 Å². The molecule has 0 saturated heterocycles. The van der Waals surface area contributed by atoms with Crippen molar-refractivity contribution in [2.75, 3.05) is 7.11 Å². The molecule has 0 aliphatic heterocycles. The Bertz CT molecular complexity index is 461. The highest BCUT2D eigenvalue weighted by Crippen LogP contribution is 2.33. The van der Waals surface area contributed by atoms with Gasteiger partial charge in [-0.05, 0) is 26.0 Å². The van der Waals surface area contributed by atoms with Gasteiger partial charge in [-0.25, -0.2) is 0 Å². The predicted molar refractivity (Wildman–Crippen MR) is 58.3 cm³/mol. The molecule has 0 aliphatic rings. The summed E-state index contributed by atoms with van der Waals surface area (Å²) >= 11 is 0. The minimum atomic E-state index is -0.920. The zero-order chi connectivity index (χ0) is 12.3. The molecule has 5 heteroatoms. The van der Waals surface area contributed by atoms with E-state index in [0.717, 1.165) is 0 Å². The van der Waals surface area contributed by atoms with Crippen LogP contribution >= 0.6 is 0 Å². The van der Waals surface area contributed by atoms with Crippen LogP contribution in [0.2, 0.25) is 0 Å². The van der Waals surface area contributed by atoms with Gasteiger partial charge in [-0.15, -0.1) is 0 Å². The second kappa shape index (κ2) is 4.19. The number of hydrogen-bond donors (Lipinski definition) is 0. The Morgan fingerprint density at radius 1 is 1.50 bits per heavy atom. The number of methoxy groups -OCH3 is 1.